The van der Waals surface area contributed by atoms with Gasteiger partial charge in [0.2, 0.25) is 0 Å². The van der Waals surface area contributed by atoms with Crippen molar-refractivity contribution in [1.82, 2.24) is 31.3 Å². The molecule has 17 heavy (non-hydrogen) atoms. The highest BCUT2D eigenvalue weighted by atomic mass is 16.6. The lowest BCUT2D eigenvalue weighted by molar-refractivity contribution is 0.0528. The highest BCUT2D eigenvalue weighted by molar-refractivity contribution is 5.67. The number of H-pyrrole nitrogens is 1. The van der Waals surface area contributed by atoms with Crippen molar-refractivity contribution >= 4 is 6.09 Å². The fraction of sp³-hybridized carbons (Fsp3) is 0.778. The van der Waals surface area contributed by atoms with Gasteiger partial charge in [0.1, 0.15) is 5.60 Å². The third-order valence-electron chi connectivity index (χ3n) is 1.64. The molecule has 0 bridgehead atoms. The van der Waals surface area contributed by atoms with Crippen LogP contribution in [-0.2, 0) is 11.3 Å². The Morgan fingerprint density at radius 2 is 2.18 bits per heavy atom. The Labute approximate surface area is 99.5 Å². The van der Waals surface area contributed by atoms with Crippen molar-refractivity contribution in [3.8, 4) is 0 Å². The van der Waals surface area contributed by atoms with E-state index in [4.69, 9.17) is 4.74 Å². The van der Waals surface area contributed by atoms with E-state index < -0.39 is 11.7 Å². The molecule has 3 N–H and O–H groups in total. The van der Waals surface area contributed by atoms with Gasteiger partial charge in [-0.1, -0.05) is 5.21 Å². The Morgan fingerprint density at radius 1 is 1.41 bits per heavy atom. The van der Waals surface area contributed by atoms with Crippen molar-refractivity contribution in [1.29, 1.82) is 0 Å². The van der Waals surface area contributed by atoms with Crippen LogP contribution in [0.15, 0.2) is 0 Å². The molecule has 0 atom stereocenters. The van der Waals surface area contributed by atoms with E-state index in [1.54, 1.807) is 0 Å². The summed E-state index contributed by atoms with van der Waals surface area (Å²) in [6.45, 7) is 7.05. The summed E-state index contributed by atoms with van der Waals surface area (Å²) in [5.74, 6) is 0.585. The molecule has 1 aromatic rings. The number of hydrogen-bond acceptors (Lipinski definition) is 6. The summed E-state index contributed by atoms with van der Waals surface area (Å²) in [5.41, 5.74) is -0.470. The molecule has 0 aliphatic rings. The van der Waals surface area contributed by atoms with Gasteiger partial charge in [-0.3, -0.25) is 0 Å². The van der Waals surface area contributed by atoms with E-state index >= 15 is 0 Å². The van der Waals surface area contributed by atoms with Gasteiger partial charge in [0, 0.05) is 13.1 Å². The molecule has 96 valence electrons. The number of aromatic amines is 1. The molecule has 0 aromatic carbocycles. The molecule has 0 saturated carbocycles. The second kappa shape index (κ2) is 6.14. The zero-order valence-electron chi connectivity index (χ0n) is 10.3. The quantitative estimate of drug-likeness (QED) is 0.618. The molecule has 1 amide bonds. The van der Waals surface area contributed by atoms with Crippen molar-refractivity contribution in [2.24, 2.45) is 0 Å². The summed E-state index contributed by atoms with van der Waals surface area (Å²) in [7, 11) is 0. The summed E-state index contributed by atoms with van der Waals surface area (Å²) in [4.78, 5) is 11.2. The minimum atomic E-state index is -0.470. The lowest BCUT2D eigenvalue weighted by atomic mass is 10.2. The zero-order chi connectivity index (χ0) is 12.7. The van der Waals surface area contributed by atoms with E-state index in [9.17, 15) is 4.79 Å². The van der Waals surface area contributed by atoms with E-state index in [0.29, 0.717) is 25.5 Å². The molecule has 0 unspecified atom stereocenters. The first-order valence-electron chi connectivity index (χ1n) is 5.37. The van der Waals surface area contributed by atoms with Crippen molar-refractivity contribution < 1.29 is 9.53 Å². The molecule has 1 aromatic heterocycles. The van der Waals surface area contributed by atoms with Crippen LogP contribution in [0.25, 0.3) is 0 Å². The number of alkyl carbamates (subject to hydrolysis) is 1. The first-order chi connectivity index (χ1) is 7.97. The minimum absolute atomic E-state index is 0.418. The van der Waals surface area contributed by atoms with Crippen molar-refractivity contribution in [2.45, 2.75) is 32.9 Å². The highest BCUT2D eigenvalue weighted by Crippen LogP contribution is 2.05. The van der Waals surface area contributed by atoms with Gasteiger partial charge in [-0.2, -0.15) is 5.21 Å². The van der Waals surface area contributed by atoms with E-state index in [1.165, 1.54) is 0 Å². The molecule has 8 nitrogen and oxygen atoms in total. The lowest BCUT2D eigenvalue weighted by Gasteiger charge is -2.19. The van der Waals surface area contributed by atoms with Gasteiger partial charge < -0.3 is 15.4 Å². The number of rotatable bonds is 5. The van der Waals surface area contributed by atoms with Crippen LogP contribution >= 0.6 is 0 Å². The van der Waals surface area contributed by atoms with Crippen molar-refractivity contribution in [3.05, 3.63) is 5.82 Å². The second-order valence-corrected chi connectivity index (χ2v) is 4.43. The topological polar surface area (TPSA) is 105 Å². The molecule has 0 radical (unpaired) electrons. The Kier molecular flexibility index (Phi) is 4.83. The number of tetrazole rings is 1. The third-order valence-corrected chi connectivity index (χ3v) is 1.64. The van der Waals surface area contributed by atoms with Gasteiger partial charge in [0.15, 0.2) is 5.82 Å². The van der Waals surface area contributed by atoms with Crippen LogP contribution in [0.5, 0.6) is 0 Å². The molecule has 1 rings (SSSR count). The smallest absolute Gasteiger partial charge is 0.407 e. The Morgan fingerprint density at radius 3 is 2.76 bits per heavy atom. The third kappa shape index (κ3) is 6.46. The molecule has 0 fully saturated rings. The number of amides is 1. The normalized spacial score (nSPS) is 11.2. The van der Waals surface area contributed by atoms with Gasteiger partial charge in [0.05, 0.1) is 6.54 Å². The molecule has 8 heteroatoms. The zero-order valence-corrected chi connectivity index (χ0v) is 10.3. The van der Waals surface area contributed by atoms with E-state index in [-0.39, 0.29) is 0 Å². The van der Waals surface area contributed by atoms with Gasteiger partial charge in [-0.05, 0) is 20.8 Å². The lowest BCUT2D eigenvalue weighted by Crippen LogP contribution is -2.36. The number of ether oxygens (including phenoxy) is 1. The van der Waals surface area contributed by atoms with Crippen LogP contribution in [-0.4, -0.2) is 45.4 Å². The predicted molar refractivity (Wildman–Crippen MR) is 60.1 cm³/mol. The number of nitrogens with zero attached hydrogens (tertiary/aromatic N) is 3. The summed E-state index contributed by atoms with van der Waals surface area (Å²) >= 11 is 0. The van der Waals surface area contributed by atoms with Crippen LogP contribution < -0.4 is 10.6 Å². The second-order valence-electron chi connectivity index (χ2n) is 4.43. The average molecular weight is 242 g/mol. The van der Waals surface area contributed by atoms with Gasteiger partial charge in [0.25, 0.3) is 0 Å². The molecule has 0 aliphatic carbocycles. The van der Waals surface area contributed by atoms with Crippen LogP contribution in [0, 0.1) is 0 Å². The number of carbonyl (C=O) groups is 1. The number of carbonyl (C=O) groups excluding carboxylic acids is 1. The highest BCUT2D eigenvalue weighted by Gasteiger charge is 2.15. The Hall–Kier alpha value is -1.70. The standard InChI is InChI=1S/C9H18N6O2/c1-9(2,3)17-8(16)11-5-4-10-6-7-12-14-15-13-7/h10H,4-6H2,1-3H3,(H,11,16)(H,12,13,14,15). The first kappa shape index (κ1) is 13.4. The number of hydrogen-bond donors (Lipinski definition) is 3. The maximum absolute atomic E-state index is 11.2. The SMILES string of the molecule is CC(C)(C)OC(=O)NCCNCc1nn[nH]n1. The van der Waals surface area contributed by atoms with Crippen LogP contribution in [0.3, 0.4) is 0 Å². The summed E-state index contributed by atoms with van der Waals surface area (Å²) in [6.07, 6.45) is -0.418. The Balaban J connectivity index is 2.02. The summed E-state index contributed by atoms with van der Waals surface area (Å²) < 4.78 is 5.07. The first-order valence-corrected chi connectivity index (χ1v) is 5.37. The molecule has 0 aliphatic heterocycles. The van der Waals surface area contributed by atoms with Crippen molar-refractivity contribution in [2.75, 3.05) is 13.1 Å². The minimum Gasteiger partial charge on any atom is -0.444 e. The summed E-state index contributed by atoms with van der Waals surface area (Å²) in [6, 6.07) is 0. The molecule has 0 saturated heterocycles. The average Bonchev–Trinajstić information content (AvgIpc) is 2.67. The van der Waals surface area contributed by atoms with Gasteiger partial charge in [-0.25, -0.2) is 4.79 Å². The Bertz CT molecular complexity index is 332. The maximum Gasteiger partial charge on any atom is 0.407 e. The van der Waals surface area contributed by atoms with E-state index in [2.05, 4.69) is 31.3 Å². The van der Waals surface area contributed by atoms with Crippen LogP contribution in [0.4, 0.5) is 4.79 Å². The van der Waals surface area contributed by atoms with Crippen LogP contribution in [0.2, 0.25) is 0 Å². The van der Waals surface area contributed by atoms with E-state index in [1.807, 2.05) is 20.8 Å². The largest absolute Gasteiger partial charge is 0.444 e. The van der Waals surface area contributed by atoms with Gasteiger partial charge in [-0.15, -0.1) is 10.2 Å². The molecule has 1 heterocycles. The van der Waals surface area contributed by atoms with Gasteiger partial charge >= 0.3 is 6.09 Å². The maximum atomic E-state index is 11.2. The monoisotopic (exact) mass is 242 g/mol. The molecule has 0 spiro atoms. The van der Waals surface area contributed by atoms with Crippen molar-refractivity contribution in [3.63, 3.8) is 0 Å². The predicted octanol–water partition coefficient (Wildman–Crippen LogP) is -0.186. The summed E-state index contributed by atoms with van der Waals surface area (Å²) in [5, 5.41) is 19.0. The number of nitrogens with one attached hydrogen (secondary N) is 3. The molecular formula is C9H18N6O2. The number of aromatic nitrogens is 4. The molecular weight excluding hydrogens is 224 g/mol. The fourth-order valence-corrected chi connectivity index (χ4v) is 1.02. The fourth-order valence-electron chi connectivity index (χ4n) is 1.02. The van der Waals surface area contributed by atoms with Crippen LogP contribution in [0.1, 0.15) is 26.6 Å². The van der Waals surface area contributed by atoms with E-state index in [0.717, 1.165) is 0 Å².